The smallest absolute Gasteiger partial charge is 0.307 e. The molecule has 0 radical (unpaired) electrons. The molecule has 0 fully saturated rings. The summed E-state index contributed by atoms with van der Waals surface area (Å²) in [5.74, 6) is -1.35. The molecule has 234 valence electrons. The van der Waals surface area contributed by atoms with Gasteiger partial charge >= 0.3 is 11.9 Å². The van der Waals surface area contributed by atoms with E-state index in [1.807, 2.05) is 0 Å². The van der Waals surface area contributed by atoms with Crippen molar-refractivity contribution in [1.82, 2.24) is 0 Å². The Morgan fingerprint density at radius 1 is 0.548 bits per heavy atom. The molecule has 0 aliphatic heterocycles. The van der Waals surface area contributed by atoms with Crippen molar-refractivity contribution in [2.75, 3.05) is 0 Å². The summed E-state index contributed by atoms with van der Waals surface area (Å²) in [6, 6.07) is 11.1. The number of aliphatic carboxylic acids is 2. The van der Waals surface area contributed by atoms with Gasteiger partial charge in [-0.25, -0.2) is 0 Å². The second-order valence-corrected chi connectivity index (χ2v) is 12.4. The second-order valence-electron chi connectivity index (χ2n) is 12.4. The Kier molecular flexibility index (Phi) is 17.2. The molecule has 1 unspecified atom stereocenters. The van der Waals surface area contributed by atoms with Gasteiger partial charge < -0.3 is 10.2 Å². The highest BCUT2D eigenvalue weighted by Crippen LogP contribution is 2.35. The van der Waals surface area contributed by atoms with Gasteiger partial charge in [-0.05, 0) is 96.2 Å². The van der Waals surface area contributed by atoms with E-state index in [2.05, 4.69) is 58.0 Å². The normalized spacial score (nSPS) is 12.0. The average Bonchev–Trinajstić information content (AvgIpc) is 2.93. The number of benzene rings is 2. The SMILES string of the molecule is CCCCCCc1cc(CC(=O)O)cc(CC(CCCC)c2c(CCCCC)cc(CCCCC)cc2CC(=O)O)c1. The van der Waals surface area contributed by atoms with E-state index in [-0.39, 0.29) is 18.8 Å². The molecule has 2 aromatic rings. The molecule has 0 bridgehead atoms. The van der Waals surface area contributed by atoms with Crippen LogP contribution in [0.5, 0.6) is 0 Å². The predicted octanol–water partition coefficient (Wildman–Crippen LogP) is 10.0. The first kappa shape index (κ1) is 35.6. The molecule has 2 aromatic carbocycles. The number of hydrogen-bond acceptors (Lipinski definition) is 2. The van der Waals surface area contributed by atoms with E-state index in [9.17, 15) is 19.8 Å². The second kappa shape index (κ2) is 20.3. The molecule has 1 atom stereocenters. The highest BCUT2D eigenvalue weighted by atomic mass is 16.4. The van der Waals surface area contributed by atoms with E-state index >= 15 is 0 Å². The van der Waals surface area contributed by atoms with Crippen LogP contribution >= 0.6 is 0 Å². The fourth-order valence-corrected chi connectivity index (χ4v) is 6.40. The van der Waals surface area contributed by atoms with E-state index < -0.39 is 11.9 Å². The lowest BCUT2D eigenvalue weighted by atomic mass is 9.79. The Balaban J connectivity index is 2.58. The van der Waals surface area contributed by atoms with Crippen LogP contribution in [-0.4, -0.2) is 22.2 Å². The summed E-state index contributed by atoms with van der Waals surface area (Å²) in [4.78, 5) is 23.8. The van der Waals surface area contributed by atoms with E-state index in [1.54, 1.807) is 0 Å². The Hall–Kier alpha value is -2.62. The molecule has 0 amide bonds. The topological polar surface area (TPSA) is 74.6 Å². The highest BCUT2D eigenvalue weighted by molar-refractivity contribution is 5.71. The van der Waals surface area contributed by atoms with Crippen molar-refractivity contribution in [2.24, 2.45) is 0 Å². The van der Waals surface area contributed by atoms with Crippen molar-refractivity contribution in [1.29, 1.82) is 0 Å². The predicted molar refractivity (Wildman–Crippen MR) is 176 cm³/mol. The van der Waals surface area contributed by atoms with Crippen molar-refractivity contribution >= 4 is 11.9 Å². The molecule has 4 heteroatoms. The first-order chi connectivity index (χ1) is 20.3. The van der Waals surface area contributed by atoms with Crippen LogP contribution in [0.1, 0.15) is 156 Å². The summed E-state index contributed by atoms with van der Waals surface area (Å²) in [6.07, 6.45) is 18.7. The zero-order valence-corrected chi connectivity index (χ0v) is 27.1. The highest BCUT2D eigenvalue weighted by Gasteiger charge is 2.23. The standard InChI is InChI=1S/C38H58O4/c1-5-9-13-16-18-29-21-31(23-32(22-29)27-36(39)40)26-33(19-12-8-4)38-34(20-15-11-7-3)24-30(17-14-10-6-2)25-35(38)28-37(41)42/h21-25,33H,5-20,26-28H2,1-4H3,(H,39,40)(H,41,42). The molecule has 0 saturated carbocycles. The summed E-state index contributed by atoms with van der Waals surface area (Å²) in [6.45, 7) is 8.88. The van der Waals surface area contributed by atoms with Crippen molar-refractivity contribution < 1.29 is 19.8 Å². The van der Waals surface area contributed by atoms with Crippen LogP contribution in [0.2, 0.25) is 0 Å². The number of carboxylic acid groups (broad SMARTS) is 2. The molecule has 0 aromatic heterocycles. The van der Waals surface area contributed by atoms with Gasteiger partial charge in [-0.15, -0.1) is 0 Å². The Morgan fingerprint density at radius 2 is 1.05 bits per heavy atom. The third-order valence-electron chi connectivity index (χ3n) is 8.45. The number of aryl methyl sites for hydroxylation is 3. The quantitative estimate of drug-likeness (QED) is 0.129. The average molecular weight is 579 g/mol. The maximum absolute atomic E-state index is 12.1. The lowest BCUT2D eigenvalue weighted by Gasteiger charge is -2.26. The van der Waals surface area contributed by atoms with Gasteiger partial charge in [0.1, 0.15) is 0 Å². The fraction of sp³-hybridized carbons (Fsp3) is 0.632. The summed E-state index contributed by atoms with van der Waals surface area (Å²) >= 11 is 0. The van der Waals surface area contributed by atoms with Gasteiger partial charge in [0.2, 0.25) is 0 Å². The van der Waals surface area contributed by atoms with Gasteiger partial charge in [-0.1, -0.05) is 116 Å². The number of unbranched alkanes of at least 4 members (excludes halogenated alkanes) is 8. The number of rotatable bonds is 23. The van der Waals surface area contributed by atoms with Gasteiger partial charge in [0.15, 0.2) is 0 Å². The molecule has 42 heavy (non-hydrogen) atoms. The molecule has 0 aliphatic rings. The molecule has 0 aliphatic carbocycles. The maximum atomic E-state index is 12.1. The van der Waals surface area contributed by atoms with Crippen LogP contribution in [0.4, 0.5) is 0 Å². The summed E-state index contributed by atoms with van der Waals surface area (Å²) < 4.78 is 0. The molecule has 0 saturated heterocycles. The Morgan fingerprint density at radius 3 is 1.67 bits per heavy atom. The number of carboxylic acids is 2. The van der Waals surface area contributed by atoms with Crippen LogP contribution in [-0.2, 0) is 48.1 Å². The lowest BCUT2D eigenvalue weighted by molar-refractivity contribution is -0.137. The molecule has 0 spiro atoms. The molecule has 2 rings (SSSR count). The molecular weight excluding hydrogens is 520 g/mol. The third kappa shape index (κ3) is 13.1. The molecule has 0 heterocycles. The zero-order valence-electron chi connectivity index (χ0n) is 27.1. The Labute approximate surface area is 256 Å². The largest absolute Gasteiger partial charge is 0.481 e. The van der Waals surface area contributed by atoms with Crippen molar-refractivity contribution in [3.05, 3.63) is 69.3 Å². The van der Waals surface area contributed by atoms with Gasteiger partial charge in [-0.2, -0.15) is 0 Å². The molecular formula is C38H58O4. The van der Waals surface area contributed by atoms with Crippen LogP contribution in [0.3, 0.4) is 0 Å². The lowest BCUT2D eigenvalue weighted by Crippen LogP contribution is -2.14. The van der Waals surface area contributed by atoms with Gasteiger partial charge in [0.05, 0.1) is 12.8 Å². The fourth-order valence-electron chi connectivity index (χ4n) is 6.40. The zero-order chi connectivity index (χ0) is 30.7. The molecule has 4 nitrogen and oxygen atoms in total. The maximum Gasteiger partial charge on any atom is 0.307 e. The van der Waals surface area contributed by atoms with Crippen LogP contribution in [0, 0.1) is 0 Å². The van der Waals surface area contributed by atoms with Crippen molar-refractivity contribution in [3.8, 4) is 0 Å². The molecule has 2 N–H and O–H groups in total. The first-order valence-corrected chi connectivity index (χ1v) is 17.0. The van der Waals surface area contributed by atoms with Gasteiger partial charge in [-0.3, -0.25) is 9.59 Å². The van der Waals surface area contributed by atoms with Gasteiger partial charge in [0, 0.05) is 0 Å². The monoisotopic (exact) mass is 578 g/mol. The Bertz CT molecular complexity index is 1090. The van der Waals surface area contributed by atoms with Crippen molar-refractivity contribution in [2.45, 2.75) is 156 Å². The van der Waals surface area contributed by atoms with Crippen LogP contribution in [0.15, 0.2) is 30.3 Å². The number of hydrogen-bond donors (Lipinski definition) is 2. The number of carbonyl (C=O) groups is 2. The minimum absolute atomic E-state index is 0.0361. The summed E-state index contributed by atoms with van der Waals surface area (Å²) in [5, 5.41) is 19.5. The summed E-state index contributed by atoms with van der Waals surface area (Å²) in [5.41, 5.74) is 8.17. The van der Waals surface area contributed by atoms with Crippen LogP contribution in [0.25, 0.3) is 0 Å². The van der Waals surface area contributed by atoms with E-state index in [0.29, 0.717) is 0 Å². The van der Waals surface area contributed by atoms with Crippen LogP contribution < -0.4 is 0 Å². The van der Waals surface area contributed by atoms with E-state index in [1.165, 1.54) is 66.3 Å². The summed E-state index contributed by atoms with van der Waals surface area (Å²) in [7, 11) is 0. The van der Waals surface area contributed by atoms with Crippen molar-refractivity contribution in [3.63, 3.8) is 0 Å². The minimum Gasteiger partial charge on any atom is -0.481 e. The first-order valence-electron chi connectivity index (χ1n) is 17.0. The minimum atomic E-state index is -0.799. The van der Waals surface area contributed by atoms with E-state index in [0.717, 1.165) is 81.8 Å². The van der Waals surface area contributed by atoms with E-state index in [4.69, 9.17) is 0 Å². The van der Waals surface area contributed by atoms with Gasteiger partial charge in [0.25, 0.3) is 0 Å². The third-order valence-corrected chi connectivity index (χ3v) is 8.45.